The van der Waals surface area contributed by atoms with Crippen molar-refractivity contribution in [1.82, 2.24) is 15.1 Å². The van der Waals surface area contributed by atoms with E-state index >= 15 is 0 Å². The van der Waals surface area contributed by atoms with E-state index in [1.807, 2.05) is 41.2 Å². The van der Waals surface area contributed by atoms with E-state index in [0.717, 1.165) is 40.6 Å². The second-order valence-electron chi connectivity index (χ2n) is 8.05. The Morgan fingerprint density at radius 3 is 2.70 bits per heavy atom. The zero-order valence-electron chi connectivity index (χ0n) is 16.9. The van der Waals surface area contributed by atoms with Crippen LogP contribution in [0, 0.1) is 19.7 Å². The first-order chi connectivity index (χ1) is 14.5. The zero-order chi connectivity index (χ0) is 20.8. The molecule has 3 aromatic carbocycles. The van der Waals surface area contributed by atoms with Crippen LogP contribution >= 0.6 is 0 Å². The normalized spacial score (nSPS) is 13.6. The molecule has 0 radical (unpaired) electrons. The second-order valence-corrected chi connectivity index (χ2v) is 8.05. The Morgan fingerprint density at radius 1 is 1.10 bits per heavy atom. The van der Waals surface area contributed by atoms with Gasteiger partial charge >= 0.3 is 0 Å². The first kappa shape index (κ1) is 18.6. The molecule has 30 heavy (non-hydrogen) atoms. The number of halogens is 1. The molecule has 1 fully saturated rings. The van der Waals surface area contributed by atoms with E-state index in [4.69, 9.17) is 0 Å². The maximum Gasteiger partial charge on any atom is 0.251 e. The molecule has 0 atom stereocenters. The minimum absolute atomic E-state index is 0.217. The van der Waals surface area contributed by atoms with Crippen LogP contribution in [0.2, 0.25) is 0 Å². The van der Waals surface area contributed by atoms with Crippen molar-refractivity contribution in [2.45, 2.75) is 32.7 Å². The van der Waals surface area contributed by atoms with Gasteiger partial charge in [0.1, 0.15) is 5.82 Å². The summed E-state index contributed by atoms with van der Waals surface area (Å²) in [5, 5.41) is 8.44. The molecular formula is C25H22FN3O. The number of rotatable bonds is 4. The highest BCUT2D eigenvalue weighted by molar-refractivity contribution is 5.96. The zero-order valence-corrected chi connectivity index (χ0v) is 16.9. The number of hydrogen-bond acceptors (Lipinski definition) is 2. The largest absolute Gasteiger partial charge is 0.349 e. The maximum absolute atomic E-state index is 14.6. The van der Waals surface area contributed by atoms with E-state index in [-0.39, 0.29) is 17.8 Å². The summed E-state index contributed by atoms with van der Waals surface area (Å²) in [5.74, 6) is -0.588. The Kier molecular flexibility index (Phi) is 4.39. The van der Waals surface area contributed by atoms with Gasteiger partial charge in [-0.1, -0.05) is 18.2 Å². The molecule has 5 heteroatoms. The number of nitrogens with one attached hydrogen (secondary N) is 1. The molecule has 0 unspecified atom stereocenters. The average Bonchev–Trinajstić information content (AvgIpc) is 3.45. The molecule has 0 aliphatic heterocycles. The predicted molar refractivity (Wildman–Crippen MR) is 116 cm³/mol. The summed E-state index contributed by atoms with van der Waals surface area (Å²) in [6.45, 7) is 3.80. The smallest absolute Gasteiger partial charge is 0.251 e. The Morgan fingerprint density at radius 2 is 1.93 bits per heavy atom. The van der Waals surface area contributed by atoms with Crippen molar-refractivity contribution in [1.29, 1.82) is 0 Å². The first-order valence-electron chi connectivity index (χ1n) is 10.2. The van der Waals surface area contributed by atoms with E-state index in [1.54, 1.807) is 13.0 Å². The third-order valence-corrected chi connectivity index (χ3v) is 5.64. The van der Waals surface area contributed by atoms with Crippen molar-refractivity contribution in [2.24, 2.45) is 0 Å². The minimum Gasteiger partial charge on any atom is -0.349 e. The number of fused-ring (bicyclic) bond motifs is 1. The Balaban J connectivity index is 1.56. The Hall–Kier alpha value is -3.47. The van der Waals surface area contributed by atoms with E-state index in [0.29, 0.717) is 11.1 Å². The maximum atomic E-state index is 14.6. The molecular weight excluding hydrogens is 377 g/mol. The number of hydrogen-bond donors (Lipinski definition) is 1. The molecule has 1 amide bonds. The van der Waals surface area contributed by atoms with E-state index < -0.39 is 0 Å². The van der Waals surface area contributed by atoms with E-state index in [1.165, 1.54) is 11.6 Å². The van der Waals surface area contributed by atoms with Crippen molar-refractivity contribution in [3.63, 3.8) is 0 Å². The molecule has 1 saturated carbocycles. The minimum atomic E-state index is -0.371. The van der Waals surface area contributed by atoms with Gasteiger partial charge in [-0.2, -0.15) is 5.10 Å². The number of aryl methyl sites for hydroxylation is 1. The summed E-state index contributed by atoms with van der Waals surface area (Å²) in [7, 11) is 0. The molecule has 1 aliphatic carbocycles. The molecule has 0 bridgehead atoms. The molecule has 1 aromatic heterocycles. The van der Waals surface area contributed by atoms with Crippen molar-refractivity contribution in [3.05, 3.63) is 83.3 Å². The Bertz CT molecular complexity index is 1290. The fourth-order valence-electron chi connectivity index (χ4n) is 3.77. The van der Waals surface area contributed by atoms with E-state index in [2.05, 4.69) is 29.5 Å². The lowest BCUT2D eigenvalue weighted by atomic mass is 9.96. The molecule has 1 heterocycles. The lowest BCUT2D eigenvalue weighted by Crippen LogP contribution is -2.25. The van der Waals surface area contributed by atoms with E-state index in [9.17, 15) is 9.18 Å². The van der Waals surface area contributed by atoms with Gasteiger partial charge in [0, 0.05) is 17.0 Å². The predicted octanol–water partition coefficient (Wildman–Crippen LogP) is 5.34. The molecule has 5 rings (SSSR count). The lowest BCUT2D eigenvalue weighted by Gasteiger charge is -2.12. The van der Waals surface area contributed by atoms with Crippen LogP contribution in [-0.4, -0.2) is 21.7 Å². The quantitative estimate of drug-likeness (QED) is 0.503. The third-order valence-electron chi connectivity index (χ3n) is 5.64. The van der Waals surface area contributed by atoms with Crippen LogP contribution in [0.5, 0.6) is 0 Å². The number of aromatic nitrogens is 2. The van der Waals surface area contributed by atoms with Crippen LogP contribution in [0.4, 0.5) is 4.39 Å². The molecule has 1 aliphatic rings. The summed E-state index contributed by atoms with van der Waals surface area (Å²) in [6, 6.07) is 17.5. The first-order valence-corrected chi connectivity index (χ1v) is 10.2. The summed E-state index contributed by atoms with van der Waals surface area (Å²) in [4.78, 5) is 12.5. The van der Waals surface area contributed by atoms with Crippen LogP contribution < -0.4 is 5.32 Å². The van der Waals surface area contributed by atoms with Crippen molar-refractivity contribution < 1.29 is 9.18 Å². The fraction of sp³-hybridized carbons (Fsp3) is 0.200. The molecule has 0 spiro atoms. The van der Waals surface area contributed by atoms with Crippen LogP contribution in [0.15, 0.2) is 60.8 Å². The van der Waals surface area contributed by atoms with Gasteiger partial charge < -0.3 is 5.32 Å². The molecule has 4 aromatic rings. The molecule has 4 nitrogen and oxygen atoms in total. The number of carbonyl (C=O) groups excluding carboxylic acids is 1. The third kappa shape index (κ3) is 3.36. The standard InChI is InChI=1S/C25H22FN3O/c1-15-4-3-5-21(10-15)29-24-9-6-17(11-19(24)14-27-29)22-12-18(13-23(26)16(22)2)25(30)28-20-7-8-20/h3-6,9-14,20H,7-8H2,1-2H3,(H,28,30). The molecule has 150 valence electrons. The highest BCUT2D eigenvalue weighted by atomic mass is 19.1. The van der Waals surface area contributed by atoms with Gasteiger partial charge in [-0.25, -0.2) is 9.07 Å². The number of nitrogens with zero attached hydrogens (tertiary/aromatic N) is 2. The van der Waals surface area contributed by atoms with Gasteiger partial charge in [0.25, 0.3) is 5.91 Å². The van der Waals surface area contributed by atoms with Crippen LogP contribution in [0.1, 0.15) is 34.3 Å². The van der Waals surface area contributed by atoms with Crippen LogP contribution in [0.25, 0.3) is 27.7 Å². The summed E-state index contributed by atoms with van der Waals surface area (Å²) in [5.41, 5.74) is 5.62. The summed E-state index contributed by atoms with van der Waals surface area (Å²) in [6.07, 6.45) is 3.81. The van der Waals surface area contributed by atoms with Crippen LogP contribution in [0.3, 0.4) is 0 Å². The van der Waals surface area contributed by atoms with Crippen molar-refractivity contribution in [3.8, 4) is 16.8 Å². The summed E-state index contributed by atoms with van der Waals surface area (Å²) >= 11 is 0. The fourth-order valence-corrected chi connectivity index (χ4v) is 3.77. The number of benzene rings is 3. The van der Waals surface area contributed by atoms with Crippen molar-refractivity contribution in [2.75, 3.05) is 0 Å². The van der Waals surface area contributed by atoms with Gasteiger partial charge in [-0.05, 0) is 85.3 Å². The SMILES string of the molecule is Cc1cccc(-n2ncc3cc(-c4cc(C(=O)NC5CC5)cc(F)c4C)ccc32)c1. The van der Waals surface area contributed by atoms with Gasteiger partial charge in [0.15, 0.2) is 0 Å². The van der Waals surface area contributed by atoms with Crippen LogP contribution in [-0.2, 0) is 0 Å². The van der Waals surface area contributed by atoms with Gasteiger partial charge in [0.05, 0.1) is 17.4 Å². The van der Waals surface area contributed by atoms with Gasteiger partial charge in [-0.15, -0.1) is 0 Å². The van der Waals surface area contributed by atoms with Gasteiger partial charge in [-0.3, -0.25) is 4.79 Å². The second kappa shape index (κ2) is 7.10. The topological polar surface area (TPSA) is 46.9 Å². The van der Waals surface area contributed by atoms with Crippen molar-refractivity contribution >= 4 is 16.8 Å². The lowest BCUT2D eigenvalue weighted by molar-refractivity contribution is 0.0950. The Labute approximate surface area is 174 Å². The average molecular weight is 399 g/mol. The number of carbonyl (C=O) groups is 1. The number of amides is 1. The highest BCUT2D eigenvalue weighted by Gasteiger charge is 2.24. The monoisotopic (exact) mass is 399 g/mol. The molecule has 1 N–H and O–H groups in total. The molecule has 0 saturated heterocycles. The van der Waals surface area contributed by atoms with Gasteiger partial charge in [0.2, 0.25) is 0 Å². The highest BCUT2D eigenvalue weighted by Crippen LogP contribution is 2.31. The summed E-state index contributed by atoms with van der Waals surface area (Å²) < 4.78 is 16.5.